The zero-order valence-electron chi connectivity index (χ0n) is 15.9. The number of thioether (sulfide) groups is 1. The van der Waals surface area contributed by atoms with Crippen molar-refractivity contribution < 1.29 is 23.8 Å². The number of nitrogens with zero attached hydrogens (tertiary/aromatic N) is 1. The van der Waals surface area contributed by atoms with Crippen molar-refractivity contribution in [2.75, 3.05) is 12.5 Å². The number of carbonyl (C=O) groups is 2. The molecule has 4 rings (SSSR count). The highest BCUT2D eigenvalue weighted by Crippen LogP contribution is 2.40. The van der Waals surface area contributed by atoms with E-state index in [-0.39, 0.29) is 31.5 Å². The standard InChI is InChI=1S/C22H18N2O5S/c23-10-17-16(15-6-7-18-19(8-15)29-13-28-18)9-20(25)24-22(17)30-12-21(26)27-11-14-4-2-1-3-5-14/h1-8,16H,9,11-13H2,(H,24,25)/t16-/m1/s1. The zero-order chi connectivity index (χ0) is 20.9. The second-order valence-corrected chi connectivity index (χ2v) is 7.69. The van der Waals surface area contributed by atoms with E-state index >= 15 is 0 Å². The van der Waals surface area contributed by atoms with Crippen LogP contribution in [0.3, 0.4) is 0 Å². The monoisotopic (exact) mass is 422 g/mol. The van der Waals surface area contributed by atoms with Crippen molar-refractivity contribution in [2.45, 2.75) is 18.9 Å². The Morgan fingerprint density at radius 1 is 1.20 bits per heavy atom. The second kappa shape index (κ2) is 8.93. The van der Waals surface area contributed by atoms with Gasteiger partial charge in [0.25, 0.3) is 0 Å². The third kappa shape index (κ3) is 4.42. The molecule has 0 unspecified atom stereocenters. The number of allylic oxidation sites excluding steroid dienone is 1. The predicted octanol–water partition coefficient (Wildman–Crippen LogP) is 3.23. The van der Waals surface area contributed by atoms with Gasteiger partial charge in [0.2, 0.25) is 12.7 Å². The van der Waals surface area contributed by atoms with Gasteiger partial charge in [0, 0.05) is 12.3 Å². The summed E-state index contributed by atoms with van der Waals surface area (Å²) in [6, 6.07) is 16.9. The average Bonchev–Trinajstić information content (AvgIpc) is 3.24. The number of ether oxygens (including phenoxy) is 3. The van der Waals surface area contributed by atoms with Crippen molar-refractivity contribution in [2.24, 2.45) is 0 Å². The number of nitriles is 1. The summed E-state index contributed by atoms with van der Waals surface area (Å²) in [5.41, 5.74) is 2.09. The molecule has 0 saturated heterocycles. The first kappa shape index (κ1) is 19.9. The van der Waals surface area contributed by atoms with E-state index in [1.54, 1.807) is 12.1 Å². The fraction of sp³-hybridized carbons (Fsp3) is 0.227. The van der Waals surface area contributed by atoms with Crippen molar-refractivity contribution in [1.82, 2.24) is 5.32 Å². The van der Waals surface area contributed by atoms with Crippen molar-refractivity contribution in [3.05, 3.63) is 70.3 Å². The van der Waals surface area contributed by atoms with Crippen LogP contribution in [0, 0.1) is 11.3 Å². The number of amides is 1. The zero-order valence-corrected chi connectivity index (χ0v) is 16.7. The molecule has 7 nitrogen and oxygen atoms in total. The maximum absolute atomic E-state index is 12.3. The summed E-state index contributed by atoms with van der Waals surface area (Å²) in [4.78, 5) is 24.4. The summed E-state index contributed by atoms with van der Waals surface area (Å²) in [6.45, 7) is 0.327. The molecule has 0 saturated carbocycles. The van der Waals surface area contributed by atoms with Crippen LogP contribution in [0.25, 0.3) is 0 Å². The molecule has 8 heteroatoms. The Hall–Kier alpha value is -3.44. The Morgan fingerprint density at radius 3 is 2.80 bits per heavy atom. The van der Waals surface area contributed by atoms with E-state index in [1.165, 1.54) is 0 Å². The Bertz CT molecular complexity index is 1050. The van der Waals surface area contributed by atoms with Gasteiger partial charge < -0.3 is 19.5 Å². The van der Waals surface area contributed by atoms with Crippen molar-refractivity contribution in [1.29, 1.82) is 5.26 Å². The Balaban J connectivity index is 1.46. The lowest BCUT2D eigenvalue weighted by Gasteiger charge is -2.25. The number of hydrogen-bond donors (Lipinski definition) is 1. The minimum absolute atomic E-state index is 0.0124. The highest BCUT2D eigenvalue weighted by molar-refractivity contribution is 8.03. The van der Waals surface area contributed by atoms with Crippen LogP contribution < -0.4 is 14.8 Å². The number of benzene rings is 2. The first-order valence-electron chi connectivity index (χ1n) is 9.30. The number of fused-ring (bicyclic) bond motifs is 1. The smallest absolute Gasteiger partial charge is 0.316 e. The highest BCUT2D eigenvalue weighted by Gasteiger charge is 2.31. The molecule has 0 radical (unpaired) electrons. The molecule has 2 aromatic carbocycles. The van der Waals surface area contributed by atoms with E-state index < -0.39 is 11.9 Å². The van der Waals surface area contributed by atoms with Crippen LogP contribution in [0.1, 0.15) is 23.5 Å². The largest absolute Gasteiger partial charge is 0.460 e. The van der Waals surface area contributed by atoms with Gasteiger partial charge in [-0.2, -0.15) is 5.26 Å². The summed E-state index contributed by atoms with van der Waals surface area (Å²) in [5.74, 6) is 0.166. The van der Waals surface area contributed by atoms with E-state index in [4.69, 9.17) is 14.2 Å². The van der Waals surface area contributed by atoms with E-state index in [9.17, 15) is 14.9 Å². The summed E-state index contributed by atoms with van der Waals surface area (Å²) in [6.07, 6.45) is 0.144. The maximum atomic E-state index is 12.3. The van der Waals surface area contributed by atoms with E-state index in [0.29, 0.717) is 22.1 Å². The van der Waals surface area contributed by atoms with Gasteiger partial charge >= 0.3 is 5.97 Å². The number of rotatable bonds is 6. The summed E-state index contributed by atoms with van der Waals surface area (Å²) in [7, 11) is 0. The molecule has 1 N–H and O–H groups in total. The molecule has 0 aliphatic carbocycles. The fourth-order valence-electron chi connectivity index (χ4n) is 3.26. The number of nitrogens with one attached hydrogen (secondary N) is 1. The molecular formula is C22H18N2O5S. The van der Waals surface area contributed by atoms with Crippen LogP contribution in [-0.4, -0.2) is 24.4 Å². The second-order valence-electron chi connectivity index (χ2n) is 6.71. The Morgan fingerprint density at radius 2 is 2.00 bits per heavy atom. The average molecular weight is 422 g/mol. The molecule has 30 heavy (non-hydrogen) atoms. The molecule has 0 bridgehead atoms. The van der Waals surface area contributed by atoms with Gasteiger partial charge in [-0.15, -0.1) is 0 Å². The van der Waals surface area contributed by atoms with Crippen LogP contribution in [0.4, 0.5) is 0 Å². The maximum Gasteiger partial charge on any atom is 0.316 e. The predicted molar refractivity (Wildman–Crippen MR) is 109 cm³/mol. The summed E-state index contributed by atoms with van der Waals surface area (Å²) >= 11 is 1.10. The minimum atomic E-state index is -0.423. The Kier molecular flexibility index (Phi) is 5.91. The van der Waals surface area contributed by atoms with Gasteiger partial charge in [0.05, 0.1) is 22.4 Å². The number of hydrogen-bond acceptors (Lipinski definition) is 7. The van der Waals surface area contributed by atoms with Crippen molar-refractivity contribution >= 4 is 23.6 Å². The summed E-state index contributed by atoms with van der Waals surface area (Å²) < 4.78 is 16.0. The van der Waals surface area contributed by atoms with Gasteiger partial charge in [-0.1, -0.05) is 48.2 Å². The lowest BCUT2D eigenvalue weighted by atomic mass is 9.87. The fourth-order valence-corrected chi connectivity index (χ4v) is 4.13. The molecule has 2 aliphatic rings. The van der Waals surface area contributed by atoms with Gasteiger partial charge in [-0.25, -0.2) is 0 Å². The normalized spacial score (nSPS) is 17.3. The molecule has 0 aromatic heterocycles. The van der Waals surface area contributed by atoms with Gasteiger partial charge in [-0.3, -0.25) is 9.59 Å². The molecule has 1 amide bonds. The molecular weight excluding hydrogens is 404 g/mol. The van der Waals surface area contributed by atoms with Crippen LogP contribution in [0.15, 0.2) is 59.1 Å². The lowest BCUT2D eigenvalue weighted by molar-refractivity contribution is -0.141. The molecule has 2 heterocycles. The topological polar surface area (TPSA) is 97.7 Å². The van der Waals surface area contributed by atoms with E-state index in [0.717, 1.165) is 22.9 Å². The van der Waals surface area contributed by atoms with E-state index in [2.05, 4.69) is 11.4 Å². The molecule has 0 fully saturated rings. The Labute approximate surface area is 177 Å². The third-order valence-electron chi connectivity index (χ3n) is 4.73. The summed E-state index contributed by atoms with van der Waals surface area (Å²) in [5, 5.41) is 12.8. The van der Waals surface area contributed by atoms with Crippen LogP contribution in [0.5, 0.6) is 11.5 Å². The lowest BCUT2D eigenvalue weighted by Crippen LogP contribution is -2.31. The quantitative estimate of drug-likeness (QED) is 0.714. The SMILES string of the molecule is N#CC1=C(SCC(=O)OCc2ccccc2)NC(=O)C[C@@H]1c1ccc2c(c1)OCO2. The highest BCUT2D eigenvalue weighted by atomic mass is 32.2. The van der Waals surface area contributed by atoms with Crippen molar-refractivity contribution in [3.8, 4) is 17.6 Å². The number of esters is 1. The molecule has 2 aromatic rings. The van der Waals surface area contributed by atoms with Crippen molar-refractivity contribution in [3.63, 3.8) is 0 Å². The first-order valence-corrected chi connectivity index (χ1v) is 10.3. The van der Waals surface area contributed by atoms with Crippen LogP contribution >= 0.6 is 11.8 Å². The van der Waals surface area contributed by atoms with E-state index in [1.807, 2.05) is 36.4 Å². The third-order valence-corrected chi connectivity index (χ3v) is 5.72. The molecule has 1 atom stereocenters. The van der Waals surface area contributed by atoms with Gasteiger partial charge in [-0.05, 0) is 23.3 Å². The van der Waals surface area contributed by atoms with Crippen LogP contribution in [0.2, 0.25) is 0 Å². The minimum Gasteiger partial charge on any atom is -0.460 e. The van der Waals surface area contributed by atoms with Crippen LogP contribution in [-0.2, 0) is 20.9 Å². The number of carbonyl (C=O) groups excluding carboxylic acids is 2. The van der Waals surface area contributed by atoms with Gasteiger partial charge in [0.15, 0.2) is 11.5 Å². The molecule has 0 spiro atoms. The molecule has 2 aliphatic heterocycles. The molecule has 152 valence electrons. The van der Waals surface area contributed by atoms with Gasteiger partial charge in [0.1, 0.15) is 6.61 Å². The first-order chi connectivity index (χ1) is 14.6.